The molecule has 0 saturated carbocycles. The number of nitrogens with zero attached hydrogens (tertiary/aromatic N) is 3. The van der Waals surface area contributed by atoms with Crippen LogP contribution in [0.5, 0.6) is 0 Å². The molecule has 2 saturated heterocycles. The summed E-state index contributed by atoms with van der Waals surface area (Å²) in [5.41, 5.74) is 2.93. The summed E-state index contributed by atoms with van der Waals surface area (Å²) in [6.07, 6.45) is 1.15. The molecule has 0 bridgehead atoms. The Hall–Kier alpha value is -0.940. The number of likely N-dealkylation sites (N-methyl/N-ethyl adjacent to an activating group) is 1. The van der Waals surface area contributed by atoms with E-state index in [-0.39, 0.29) is 0 Å². The molecule has 1 aromatic carbocycles. The van der Waals surface area contributed by atoms with Gasteiger partial charge in [-0.15, -0.1) is 0 Å². The minimum absolute atomic E-state index is 0.892. The van der Waals surface area contributed by atoms with Gasteiger partial charge in [0.05, 0.1) is 13.2 Å². The fraction of sp³-hybridized carbons (Fsp3) is 0.667. The molecular formula is C18H29N3O. The molecule has 0 N–H and O–H groups in total. The average Bonchev–Trinajstić information content (AvgIpc) is 2.57. The number of morpholine rings is 1. The summed E-state index contributed by atoms with van der Waals surface area (Å²) in [5, 5.41) is 0. The Kier molecular flexibility index (Phi) is 5.84. The van der Waals surface area contributed by atoms with Gasteiger partial charge < -0.3 is 9.64 Å². The lowest BCUT2D eigenvalue weighted by atomic mass is 10.1. The molecule has 2 heterocycles. The van der Waals surface area contributed by atoms with Gasteiger partial charge in [0.15, 0.2) is 0 Å². The van der Waals surface area contributed by atoms with Crippen LogP contribution >= 0.6 is 0 Å². The Morgan fingerprint density at radius 3 is 2.41 bits per heavy atom. The van der Waals surface area contributed by atoms with Gasteiger partial charge in [0, 0.05) is 52.4 Å². The normalized spacial score (nSPS) is 22.0. The van der Waals surface area contributed by atoms with Crippen LogP contribution in [0.25, 0.3) is 0 Å². The van der Waals surface area contributed by atoms with E-state index in [2.05, 4.69) is 46.0 Å². The topological polar surface area (TPSA) is 19.0 Å². The summed E-state index contributed by atoms with van der Waals surface area (Å²) in [7, 11) is 2.21. The summed E-state index contributed by atoms with van der Waals surface area (Å²) in [6, 6.07) is 9.17. The van der Waals surface area contributed by atoms with Gasteiger partial charge in [-0.2, -0.15) is 0 Å². The average molecular weight is 303 g/mol. The van der Waals surface area contributed by atoms with Gasteiger partial charge in [-0.25, -0.2) is 0 Å². The SMILES string of the molecule is CN1CCN(Cc2cccc(CCN3CCOCC3)c2)CC1. The van der Waals surface area contributed by atoms with Crippen molar-refractivity contribution in [2.75, 3.05) is 66.1 Å². The molecule has 4 heteroatoms. The summed E-state index contributed by atoms with van der Waals surface area (Å²) in [4.78, 5) is 7.49. The van der Waals surface area contributed by atoms with Gasteiger partial charge >= 0.3 is 0 Å². The second kappa shape index (κ2) is 8.06. The maximum absolute atomic E-state index is 5.41. The Morgan fingerprint density at radius 2 is 1.64 bits per heavy atom. The third-order valence-corrected chi connectivity index (χ3v) is 4.81. The molecule has 0 aliphatic carbocycles. The predicted octanol–water partition coefficient (Wildman–Crippen LogP) is 1.31. The van der Waals surface area contributed by atoms with Crippen molar-refractivity contribution in [3.8, 4) is 0 Å². The zero-order chi connectivity index (χ0) is 15.2. The Bertz CT molecular complexity index is 451. The molecule has 0 atom stereocenters. The number of benzene rings is 1. The van der Waals surface area contributed by atoms with Crippen molar-refractivity contribution in [1.29, 1.82) is 0 Å². The van der Waals surface area contributed by atoms with Gasteiger partial charge in [-0.3, -0.25) is 9.80 Å². The van der Waals surface area contributed by atoms with Crippen LogP contribution < -0.4 is 0 Å². The standard InChI is InChI=1S/C18H29N3O/c1-19-7-9-21(10-8-19)16-18-4-2-3-17(15-18)5-6-20-11-13-22-14-12-20/h2-4,15H,5-14,16H2,1H3. The number of ether oxygens (including phenoxy) is 1. The van der Waals surface area contributed by atoms with E-state index in [0.717, 1.165) is 45.8 Å². The molecule has 3 rings (SSSR count). The molecule has 2 aliphatic rings. The second-order valence-electron chi connectivity index (χ2n) is 6.60. The van der Waals surface area contributed by atoms with E-state index in [4.69, 9.17) is 4.74 Å². The van der Waals surface area contributed by atoms with E-state index in [1.165, 1.54) is 37.3 Å². The fourth-order valence-electron chi connectivity index (χ4n) is 3.26. The zero-order valence-corrected chi connectivity index (χ0v) is 13.8. The van der Waals surface area contributed by atoms with Crippen molar-refractivity contribution >= 4 is 0 Å². The van der Waals surface area contributed by atoms with Crippen LogP contribution in [0.15, 0.2) is 24.3 Å². The van der Waals surface area contributed by atoms with Crippen molar-refractivity contribution in [1.82, 2.24) is 14.7 Å². The van der Waals surface area contributed by atoms with E-state index in [1.54, 1.807) is 0 Å². The molecule has 22 heavy (non-hydrogen) atoms. The third kappa shape index (κ3) is 4.78. The Balaban J connectivity index is 1.49. The van der Waals surface area contributed by atoms with Crippen LogP contribution in [-0.2, 0) is 17.7 Å². The third-order valence-electron chi connectivity index (χ3n) is 4.81. The van der Waals surface area contributed by atoms with Crippen LogP contribution in [0.2, 0.25) is 0 Å². The Morgan fingerprint density at radius 1 is 0.909 bits per heavy atom. The highest BCUT2D eigenvalue weighted by Crippen LogP contribution is 2.11. The molecule has 1 aromatic rings. The van der Waals surface area contributed by atoms with E-state index in [9.17, 15) is 0 Å². The van der Waals surface area contributed by atoms with E-state index >= 15 is 0 Å². The first-order valence-corrected chi connectivity index (χ1v) is 8.58. The predicted molar refractivity (Wildman–Crippen MR) is 90.2 cm³/mol. The molecule has 0 unspecified atom stereocenters. The van der Waals surface area contributed by atoms with Crippen molar-refractivity contribution in [2.45, 2.75) is 13.0 Å². The Labute approximate surface area is 134 Å². The first kappa shape index (κ1) is 15.9. The molecule has 2 aliphatic heterocycles. The summed E-state index contributed by atoms with van der Waals surface area (Å²) >= 11 is 0. The molecule has 4 nitrogen and oxygen atoms in total. The minimum atomic E-state index is 0.892. The maximum atomic E-state index is 5.41. The van der Waals surface area contributed by atoms with Crippen LogP contribution in [0.3, 0.4) is 0 Å². The number of hydrogen-bond acceptors (Lipinski definition) is 4. The van der Waals surface area contributed by atoms with Crippen molar-refractivity contribution in [2.24, 2.45) is 0 Å². The maximum Gasteiger partial charge on any atom is 0.0594 e. The fourth-order valence-corrected chi connectivity index (χ4v) is 3.26. The van der Waals surface area contributed by atoms with Crippen molar-refractivity contribution < 1.29 is 4.74 Å². The molecule has 0 amide bonds. The number of piperazine rings is 1. The van der Waals surface area contributed by atoms with Crippen LogP contribution in [-0.4, -0.2) is 80.8 Å². The van der Waals surface area contributed by atoms with Gasteiger partial charge in [0.2, 0.25) is 0 Å². The van der Waals surface area contributed by atoms with Gasteiger partial charge in [0.1, 0.15) is 0 Å². The second-order valence-corrected chi connectivity index (χ2v) is 6.60. The molecule has 2 fully saturated rings. The zero-order valence-electron chi connectivity index (χ0n) is 13.8. The van der Waals surface area contributed by atoms with Gasteiger partial charge in [-0.05, 0) is 24.6 Å². The first-order valence-electron chi connectivity index (χ1n) is 8.58. The van der Waals surface area contributed by atoms with Gasteiger partial charge in [0.25, 0.3) is 0 Å². The number of hydrogen-bond donors (Lipinski definition) is 0. The quantitative estimate of drug-likeness (QED) is 0.816. The molecule has 0 aromatic heterocycles. The van der Waals surface area contributed by atoms with Crippen LogP contribution in [0.4, 0.5) is 0 Å². The summed E-state index contributed by atoms with van der Waals surface area (Å²) in [6.45, 7) is 11.0. The highest BCUT2D eigenvalue weighted by Gasteiger charge is 2.14. The highest BCUT2D eigenvalue weighted by molar-refractivity contribution is 5.23. The smallest absolute Gasteiger partial charge is 0.0594 e. The summed E-state index contributed by atoms with van der Waals surface area (Å²) in [5.74, 6) is 0. The lowest BCUT2D eigenvalue weighted by Gasteiger charge is -2.32. The first-order chi connectivity index (χ1) is 10.8. The molecule has 0 radical (unpaired) electrons. The highest BCUT2D eigenvalue weighted by atomic mass is 16.5. The van der Waals surface area contributed by atoms with Crippen molar-refractivity contribution in [3.05, 3.63) is 35.4 Å². The van der Waals surface area contributed by atoms with E-state index < -0.39 is 0 Å². The lowest BCUT2D eigenvalue weighted by molar-refractivity contribution is 0.0384. The monoisotopic (exact) mass is 303 g/mol. The molecule has 0 spiro atoms. The van der Waals surface area contributed by atoms with E-state index in [0.29, 0.717) is 0 Å². The lowest BCUT2D eigenvalue weighted by Crippen LogP contribution is -2.43. The molecular weight excluding hydrogens is 274 g/mol. The van der Waals surface area contributed by atoms with Crippen LogP contribution in [0, 0.1) is 0 Å². The van der Waals surface area contributed by atoms with E-state index in [1.807, 2.05) is 0 Å². The molecule has 122 valence electrons. The summed E-state index contributed by atoms with van der Waals surface area (Å²) < 4.78 is 5.41. The van der Waals surface area contributed by atoms with Crippen molar-refractivity contribution in [3.63, 3.8) is 0 Å². The minimum Gasteiger partial charge on any atom is -0.379 e. The largest absolute Gasteiger partial charge is 0.379 e. The number of rotatable bonds is 5. The van der Waals surface area contributed by atoms with Crippen LogP contribution in [0.1, 0.15) is 11.1 Å². The van der Waals surface area contributed by atoms with Gasteiger partial charge in [-0.1, -0.05) is 24.3 Å².